The third-order valence-corrected chi connectivity index (χ3v) is 1.31. The molecule has 0 atom stereocenters. The highest BCUT2D eigenvalue weighted by Gasteiger charge is 1.99. The zero-order chi connectivity index (χ0) is 7.56. The average Bonchev–Trinajstić information content (AvgIpc) is 1.88. The molecule has 0 aliphatic rings. The minimum absolute atomic E-state index is 0.187. The van der Waals surface area contributed by atoms with Crippen molar-refractivity contribution in [2.24, 2.45) is 0 Å². The molecule has 4 heteroatoms. The summed E-state index contributed by atoms with van der Waals surface area (Å²) < 4.78 is 0. The first-order chi connectivity index (χ1) is 4.74. The van der Waals surface area contributed by atoms with Crippen LogP contribution in [0.3, 0.4) is 0 Å². The number of hydrogen-bond acceptors (Lipinski definition) is 3. The van der Waals surface area contributed by atoms with Crippen LogP contribution in [0.25, 0.3) is 0 Å². The summed E-state index contributed by atoms with van der Waals surface area (Å²) in [7, 11) is 0. The summed E-state index contributed by atoms with van der Waals surface area (Å²) in [5, 5.41) is 7.54. The van der Waals surface area contributed by atoms with Gasteiger partial charge in [-0.1, -0.05) is 11.6 Å². The predicted octanol–water partition coefficient (Wildman–Crippen LogP) is 1.25. The van der Waals surface area contributed by atoms with Crippen molar-refractivity contribution in [3.8, 4) is 0 Å². The van der Waals surface area contributed by atoms with E-state index in [1.807, 2.05) is 0 Å². The van der Waals surface area contributed by atoms with E-state index in [0.29, 0.717) is 17.0 Å². The van der Waals surface area contributed by atoms with Gasteiger partial charge in [-0.15, -0.1) is 5.10 Å². The van der Waals surface area contributed by atoms with Gasteiger partial charge in [-0.05, 0) is 13.0 Å². The third kappa shape index (κ3) is 1.30. The Morgan fingerprint density at radius 1 is 1.60 bits per heavy atom. The van der Waals surface area contributed by atoms with Gasteiger partial charge < -0.3 is 0 Å². The van der Waals surface area contributed by atoms with E-state index >= 15 is 0 Å². The van der Waals surface area contributed by atoms with E-state index in [-0.39, 0.29) is 5.69 Å². The molecule has 0 unspecified atom stereocenters. The Hall–Kier alpha value is -0.960. The molecule has 0 radical (unpaired) electrons. The maximum atomic E-state index is 10.2. The van der Waals surface area contributed by atoms with Gasteiger partial charge in [0, 0.05) is 0 Å². The van der Waals surface area contributed by atoms with Gasteiger partial charge in [-0.25, -0.2) is 0 Å². The van der Waals surface area contributed by atoms with Gasteiger partial charge in [-0.2, -0.15) is 5.10 Å². The van der Waals surface area contributed by atoms with Crippen LogP contribution in [0, 0.1) is 6.92 Å². The van der Waals surface area contributed by atoms with Crippen molar-refractivity contribution < 1.29 is 4.79 Å². The standard InChI is InChI=1S/C6H5ClN2O/c1-4-2-5(7)6(3-10)9-8-4/h2-3H,1H3. The van der Waals surface area contributed by atoms with E-state index in [9.17, 15) is 4.79 Å². The normalized spacial score (nSPS) is 9.40. The summed E-state index contributed by atoms with van der Waals surface area (Å²) in [6.45, 7) is 1.76. The van der Waals surface area contributed by atoms with Gasteiger partial charge in [0.2, 0.25) is 0 Å². The van der Waals surface area contributed by atoms with Crippen LogP contribution < -0.4 is 0 Å². The Kier molecular flexibility index (Phi) is 1.97. The Labute approximate surface area is 63.0 Å². The molecular weight excluding hydrogens is 152 g/mol. The fourth-order valence-corrected chi connectivity index (χ4v) is 0.787. The molecule has 0 saturated heterocycles. The minimum atomic E-state index is 0.187. The van der Waals surface area contributed by atoms with Gasteiger partial charge in [0.25, 0.3) is 0 Å². The second kappa shape index (κ2) is 2.75. The van der Waals surface area contributed by atoms with Crippen molar-refractivity contribution >= 4 is 17.9 Å². The molecule has 0 fully saturated rings. The van der Waals surface area contributed by atoms with Crippen molar-refractivity contribution in [3.63, 3.8) is 0 Å². The molecule has 1 heterocycles. The van der Waals surface area contributed by atoms with Gasteiger partial charge in [0.15, 0.2) is 6.29 Å². The molecule has 0 aliphatic heterocycles. The largest absolute Gasteiger partial charge is 0.296 e. The lowest BCUT2D eigenvalue weighted by atomic mass is 10.4. The van der Waals surface area contributed by atoms with E-state index in [0.717, 1.165) is 0 Å². The van der Waals surface area contributed by atoms with Crippen LogP contribution in [-0.2, 0) is 0 Å². The molecule has 52 valence electrons. The number of carbonyl (C=O) groups excluding carboxylic acids is 1. The molecule has 0 amide bonds. The molecule has 10 heavy (non-hydrogen) atoms. The first kappa shape index (κ1) is 7.15. The van der Waals surface area contributed by atoms with E-state index < -0.39 is 0 Å². The molecule has 0 saturated carbocycles. The second-order valence-electron chi connectivity index (χ2n) is 1.84. The maximum Gasteiger partial charge on any atom is 0.171 e. The number of rotatable bonds is 1. The predicted molar refractivity (Wildman–Crippen MR) is 37.2 cm³/mol. The minimum Gasteiger partial charge on any atom is -0.296 e. The molecule has 0 aromatic carbocycles. The van der Waals surface area contributed by atoms with Crippen LogP contribution in [0.4, 0.5) is 0 Å². The van der Waals surface area contributed by atoms with Gasteiger partial charge in [0.05, 0.1) is 10.7 Å². The van der Waals surface area contributed by atoms with E-state index in [1.165, 1.54) is 0 Å². The molecule has 0 N–H and O–H groups in total. The molecule has 1 aromatic heterocycles. The zero-order valence-corrected chi connectivity index (χ0v) is 6.09. The number of aldehydes is 1. The van der Waals surface area contributed by atoms with E-state index in [2.05, 4.69) is 10.2 Å². The summed E-state index contributed by atoms with van der Waals surface area (Å²) in [5.41, 5.74) is 0.892. The molecule has 1 rings (SSSR count). The van der Waals surface area contributed by atoms with Gasteiger partial charge >= 0.3 is 0 Å². The average molecular weight is 157 g/mol. The van der Waals surface area contributed by atoms with Crippen LogP contribution in [0.15, 0.2) is 6.07 Å². The SMILES string of the molecule is Cc1cc(Cl)c(C=O)nn1. The van der Waals surface area contributed by atoms with Crippen LogP contribution in [0.2, 0.25) is 5.02 Å². The van der Waals surface area contributed by atoms with Crippen molar-refractivity contribution in [2.45, 2.75) is 6.92 Å². The number of nitrogens with zero attached hydrogens (tertiary/aromatic N) is 2. The lowest BCUT2D eigenvalue weighted by Gasteiger charge is -1.92. The lowest BCUT2D eigenvalue weighted by Crippen LogP contribution is -1.93. The second-order valence-corrected chi connectivity index (χ2v) is 2.24. The summed E-state index contributed by atoms with van der Waals surface area (Å²) in [5.74, 6) is 0. The highest BCUT2D eigenvalue weighted by atomic mass is 35.5. The van der Waals surface area contributed by atoms with Crippen LogP contribution in [-0.4, -0.2) is 16.5 Å². The Balaban J connectivity index is 3.19. The lowest BCUT2D eigenvalue weighted by molar-refractivity contribution is 0.111. The van der Waals surface area contributed by atoms with Crippen molar-refractivity contribution in [3.05, 3.63) is 22.5 Å². The van der Waals surface area contributed by atoms with Crippen molar-refractivity contribution in [2.75, 3.05) is 0 Å². The highest BCUT2D eigenvalue weighted by molar-refractivity contribution is 6.32. The van der Waals surface area contributed by atoms with Crippen LogP contribution >= 0.6 is 11.6 Å². The molecular formula is C6H5ClN2O. The number of hydrogen-bond donors (Lipinski definition) is 0. The summed E-state index contributed by atoms with van der Waals surface area (Å²) in [6.07, 6.45) is 0.578. The highest BCUT2D eigenvalue weighted by Crippen LogP contribution is 2.10. The third-order valence-electron chi connectivity index (χ3n) is 1.01. The van der Waals surface area contributed by atoms with Crippen LogP contribution in [0.5, 0.6) is 0 Å². The Morgan fingerprint density at radius 2 is 2.30 bits per heavy atom. The van der Waals surface area contributed by atoms with Crippen molar-refractivity contribution in [1.29, 1.82) is 0 Å². The van der Waals surface area contributed by atoms with Gasteiger partial charge in [-0.3, -0.25) is 4.79 Å². The molecule has 3 nitrogen and oxygen atoms in total. The Morgan fingerprint density at radius 3 is 2.80 bits per heavy atom. The number of aromatic nitrogens is 2. The van der Waals surface area contributed by atoms with Gasteiger partial charge in [0.1, 0.15) is 5.69 Å². The zero-order valence-electron chi connectivity index (χ0n) is 5.34. The number of aryl methyl sites for hydroxylation is 1. The summed E-state index contributed by atoms with van der Waals surface area (Å²) in [4.78, 5) is 10.2. The summed E-state index contributed by atoms with van der Waals surface area (Å²) in [6, 6.07) is 1.60. The topological polar surface area (TPSA) is 42.9 Å². The fraction of sp³-hybridized carbons (Fsp3) is 0.167. The monoisotopic (exact) mass is 156 g/mol. The first-order valence-corrected chi connectivity index (χ1v) is 3.07. The summed E-state index contributed by atoms with van der Waals surface area (Å²) >= 11 is 5.60. The number of halogens is 1. The quantitative estimate of drug-likeness (QED) is 0.575. The van der Waals surface area contributed by atoms with Crippen molar-refractivity contribution in [1.82, 2.24) is 10.2 Å². The molecule has 1 aromatic rings. The fourth-order valence-electron chi connectivity index (χ4n) is 0.547. The maximum absolute atomic E-state index is 10.2. The first-order valence-electron chi connectivity index (χ1n) is 2.69. The van der Waals surface area contributed by atoms with E-state index in [1.54, 1.807) is 13.0 Å². The number of carbonyl (C=O) groups is 1. The molecule has 0 bridgehead atoms. The smallest absolute Gasteiger partial charge is 0.171 e. The van der Waals surface area contributed by atoms with Crippen LogP contribution in [0.1, 0.15) is 16.2 Å². The van der Waals surface area contributed by atoms with E-state index in [4.69, 9.17) is 11.6 Å². The molecule has 0 spiro atoms. The Bertz CT molecular complexity index is 262. The molecule has 0 aliphatic carbocycles.